The summed E-state index contributed by atoms with van der Waals surface area (Å²) in [5.74, 6) is 1.24. The summed E-state index contributed by atoms with van der Waals surface area (Å²) in [6, 6.07) is 10.2. The van der Waals surface area contributed by atoms with E-state index >= 15 is 0 Å². The van der Waals surface area contributed by atoms with Gasteiger partial charge in [0.05, 0.1) is 0 Å². The molecule has 1 aliphatic heterocycles. The van der Waals surface area contributed by atoms with Crippen LogP contribution in [0.4, 0.5) is 0 Å². The van der Waals surface area contributed by atoms with Gasteiger partial charge in [-0.2, -0.15) is 0 Å². The number of aromatic amines is 1. The monoisotopic (exact) mass is 472 g/mol. The molecule has 6 rings (SSSR count). The van der Waals surface area contributed by atoms with Crippen molar-refractivity contribution in [3.8, 4) is 5.69 Å². The number of H-pyrrole nitrogens is 1. The number of aryl methyl sites for hydroxylation is 1. The maximum Gasteiger partial charge on any atom is 0.279 e. The molecule has 1 saturated heterocycles. The van der Waals surface area contributed by atoms with E-state index in [1.807, 2.05) is 35.9 Å². The van der Waals surface area contributed by atoms with Gasteiger partial charge in [-0.3, -0.25) is 14.3 Å². The molecule has 2 aliphatic rings. The van der Waals surface area contributed by atoms with E-state index in [0.717, 1.165) is 47.8 Å². The van der Waals surface area contributed by atoms with E-state index in [4.69, 9.17) is 4.74 Å². The molecule has 0 bridgehead atoms. The molecule has 3 aromatic heterocycles. The average molecular weight is 473 g/mol. The van der Waals surface area contributed by atoms with Crippen molar-refractivity contribution >= 4 is 10.9 Å². The lowest BCUT2D eigenvalue weighted by atomic mass is 10.1. The van der Waals surface area contributed by atoms with Crippen molar-refractivity contribution in [2.24, 2.45) is 7.05 Å². The number of pyridine rings is 1. The Hall–Kier alpha value is -3.23. The first-order valence-corrected chi connectivity index (χ1v) is 12.6. The highest BCUT2D eigenvalue weighted by Gasteiger charge is 2.28. The fraction of sp³-hybridized carbons (Fsp3) is 0.444. The van der Waals surface area contributed by atoms with E-state index in [2.05, 4.69) is 32.3 Å². The Morgan fingerprint density at radius 3 is 2.71 bits per heavy atom. The Labute approximate surface area is 204 Å². The van der Waals surface area contributed by atoms with E-state index in [9.17, 15) is 4.79 Å². The minimum atomic E-state index is -0.369. The molecular formula is C27H32N6O2. The molecule has 8 nitrogen and oxygen atoms in total. The molecule has 0 spiro atoms. The van der Waals surface area contributed by atoms with Crippen LogP contribution in [0, 0.1) is 0 Å². The highest BCUT2D eigenvalue weighted by molar-refractivity contribution is 5.84. The Bertz CT molecular complexity index is 1410. The van der Waals surface area contributed by atoms with Gasteiger partial charge in [0.15, 0.2) is 5.82 Å². The minimum absolute atomic E-state index is 0.0148. The van der Waals surface area contributed by atoms with Crippen LogP contribution in [0.1, 0.15) is 66.8 Å². The zero-order valence-corrected chi connectivity index (χ0v) is 20.4. The lowest BCUT2D eigenvalue weighted by Gasteiger charge is -2.25. The number of benzene rings is 1. The van der Waals surface area contributed by atoms with Gasteiger partial charge in [0.2, 0.25) is 0 Å². The topological polar surface area (TPSA) is 81.0 Å². The lowest BCUT2D eigenvalue weighted by Crippen LogP contribution is -2.29. The standard InChI is InChI=1S/C27H32N6O2/c1-31-17-28-30-26(31)25(35-2)19-7-6-8-21(13-19)33-16-23(18-9-10-18)22-14-20(29-24(22)27(33)34)15-32-11-4-3-5-12-32/h6-8,13-14,16-18,25,29H,3-5,9-12,15H2,1-2H3. The fourth-order valence-corrected chi connectivity index (χ4v) is 5.41. The molecule has 4 heterocycles. The summed E-state index contributed by atoms with van der Waals surface area (Å²) < 4.78 is 9.43. The maximum atomic E-state index is 13.7. The van der Waals surface area contributed by atoms with Crippen LogP contribution in [0.15, 0.2) is 47.7 Å². The summed E-state index contributed by atoms with van der Waals surface area (Å²) >= 11 is 0. The highest BCUT2D eigenvalue weighted by atomic mass is 16.5. The molecule has 35 heavy (non-hydrogen) atoms. The number of methoxy groups -OCH3 is 1. The molecule has 0 radical (unpaired) electrons. The van der Waals surface area contributed by atoms with Crippen molar-refractivity contribution in [2.75, 3.05) is 20.2 Å². The van der Waals surface area contributed by atoms with Crippen molar-refractivity contribution in [2.45, 2.75) is 50.7 Å². The van der Waals surface area contributed by atoms with Crippen molar-refractivity contribution in [1.29, 1.82) is 0 Å². The zero-order chi connectivity index (χ0) is 23.9. The molecule has 1 N–H and O–H groups in total. The Kier molecular flexibility index (Phi) is 5.78. The fourth-order valence-electron chi connectivity index (χ4n) is 5.41. The van der Waals surface area contributed by atoms with Crippen LogP contribution in [-0.4, -0.2) is 49.4 Å². The van der Waals surface area contributed by atoms with Gasteiger partial charge >= 0.3 is 0 Å². The molecule has 1 aliphatic carbocycles. The molecule has 1 saturated carbocycles. The molecule has 182 valence electrons. The van der Waals surface area contributed by atoms with Crippen LogP contribution in [-0.2, 0) is 18.3 Å². The van der Waals surface area contributed by atoms with Crippen molar-refractivity contribution in [3.05, 3.63) is 75.9 Å². The number of nitrogens with one attached hydrogen (secondary N) is 1. The second-order valence-electron chi connectivity index (χ2n) is 9.96. The number of likely N-dealkylation sites (tertiary alicyclic amines) is 1. The van der Waals surface area contributed by atoms with Gasteiger partial charge in [0, 0.05) is 43.7 Å². The number of ether oxygens (including phenoxy) is 1. The van der Waals surface area contributed by atoms with Gasteiger partial charge in [0.1, 0.15) is 17.9 Å². The number of nitrogens with zero attached hydrogens (tertiary/aromatic N) is 5. The average Bonchev–Trinajstić information content (AvgIpc) is 3.50. The molecule has 1 aromatic carbocycles. The van der Waals surface area contributed by atoms with Crippen molar-refractivity contribution in [1.82, 2.24) is 29.2 Å². The molecule has 0 amide bonds. The molecule has 2 fully saturated rings. The van der Waals surface area contributed by atoms with Crippen LogP contribution in [0.3, 0.4) is 0 Å². The number of hydrogen-bond acceptors (Lipinski definition) is 5. The van der Waals surface area contributed by atoms with Crippen LogP contribution in [0.5, 0.6) is 0 Å². The maximum absolute atomic E-state index is 13.7. The SMILES string of the molecule is COC(c1cccc(-n2cc(C3CC3)c3cc(CN4CCCCC4)[nH]c3c2=O)c1)c1nncn1C. The summed E-state index contributed by atoms with van der Waals surface area (Å²) in [6.07, 6.45) is 9.55. The smallest absolute Gasteiger partial charge is 0.279 e. The zero-order valence-electron chi connectivity index (χ0n) is 20.4. The minimum Gasteiger partial charge on any atom is -0.369 e. The predicted octanol–water partition coefficient (Wildman–Crippen LogP) is 4.05. The van der Waals surface area contributed by atoms with E-state index in [-0.39, 0.29) is 11.7 Å². The third-order valence-electron chi connectivity index (χ3n) is 7.41. The van der Waals surface area contributed by atoms with Crippen molar-refractivity contribution < 1.29 is 4.74 Å². The molecule has 4 aromatic rings. The lowest BCUT2D eigenvalue weighted by molar-refractivity contribution is 0.126. The summed E-state index contributed by atoms with van der Waals surface area (Å²) in [7, 11) is 3.57. The second-order valence-corrected chi connectivity index (χ2v) is 9.96. The van der Waals surface area contributed by atoms with Gasteiger partial charge in [0.25, 0.3) is 5.56 Å². The largest absolute Gasteiger partial charge is 0.369 e. The van der Waals surface area contributed by atoms with Gasteiger partial charge in [-0.25, -0.2) is 0 Å². The van der Waals surface area contributed by atoms with Crippen LogP contribution in [0.25, 0.3) is 16.6 Å². The molecule has 1 unspecified atom stereocenters. The number of hydrogen-bond donors (Lipinski definition) is 1. The third-order valence-corrected chi connectivity index (χ3v) is 7.41. The van der Waals surface area contributed by atoms with Gasteiger partial charge < -0.3 is 14.3 Å². The number of piperidine rings is 1. The van der Waals surface area contributed by atoms with E-state index < -0.39 is 0 Å². The van der Waals surface area contributed by atoms with E-state index in [1.54, 1.807) is 18.0 Å². The van der Waals surface area contributed by atoms with Crippen LogP contribution < -0.4 is 5.56 Å². The Balaban J connectivity index is 1.41. The number of fused-ring (bicyclic) bond motifs is 1. The summed E-state index contributed by atoms with van der Waals surface area (Å²) in [4.78, 5) is 19.7. The molecule has 1 atom stereocenters. The quantitative estimate of drug-likeness (QED) is 0.439. The van der Waals surface area contributed by atoms with Crippen LogP contribution in [0.2, 0.25) is 0 Å². The summed E-state index contributed by atoms with van der Waals surface area (Å²) in [5.41, 5.74) is 4.85. The van der Waals surface area contributed by atoms with Gasteiger partial charge in [-0.15, -0.1) is 10.2 Å². The van der Waals surface area contributed by atoms with E-state index in [1.165, 1.54) is 37.7 Å². The normalized spacial score (nSPS) is 17.8. The second kappa shape index (κ2) is 9.09. The molecule has 8 heteroatoms. The first-order valence-electron chi connectivity index (χ1n) is 12.6. The van der Waals surface area contributed by atoms with Crippen molar-refractivity contribution in [3.63, 3.8) is 0 Å². The molecular weight excluding hydrogens is 440 g/mol. The number of aromatic nitrogens is 5. The van der Waals surface area contributed by atoms with E-state index in [0.29, 0.717) is 11.4 Å². The number of rotatable bonds is 7. The first-order chi connectivity index (χ1) is 17.1. The summed E-state index contributed by atoms with van der Waals surface area (Å²) in [5, 5.41) is 9.32. The Morgan fingerprint density at radius 1 is 1.17 bits per heavy atom. The third kappa shape index (κ3) is 4.21. The van der Waals surface area contributed by atoms with Crippen LogP contribution >= 0.6 is 0 Å². The van der Waals surface area contributed by atoms with Gasteiger partial charge in [-0.05, 0) is 74.0 Å². The highest BCUT2D eigenvalue weighted by Crippen LogP contribution is 2.43. The first kappa shape index (κ1) is 22.2. The predicted molar refractivity (Wildman–Crippen MR) is 135 cm³/mol. The Morgan fingerprint density at radius 2 is 2.00 bits per heavy atom. The van der Waals surface area contributed by atoms with Gasteiger partial charge in [-0.1, -0.05) is 18.6 Å². The summed E-state index contributed by atoms with van der Waals surface area (Å²) in [6.45, 7) is 3.14.